The number of carboxylic acid groups (broad SMARTS) is 2. The third-order valence-corrected chi connectivity index (χ3v) is 14.1. The van der Waals surface area contributed by atoms with Gasteiger partial charge in [0.1, 0.15) is 59.3 Å². The van der Waals surface area contributed by atoms with Crippen LogP contribution in [0.3, 0.4) is 0 Å². The van der Waals surface area contributed by atoms with Crippen LogP contribution in [0.5, 0.6) is 0 Å². The Labute approximate surface area is 590 Å². The van der Waals surface area contributed by atoms with Crippen LogP contribution in [-0.4, -0.2) is 146 Å². The molecule has 28 heteroatoms. The van der Waals surface area contributed by atoms with Crippen LogP contribution in [0.1, 0.15) is 132 Å². The van der Waals surface area contributed by atoms with Crippen LogP contribution >= 0.6 is 0 Å². The Kier molecular flexibility index (Phi) is 37.0. The minimum Gasteiger partial charge on any atom is -1.00 e. The SMILES string of the molecule is C1CCOC1.CC(C)(C)OC(=O)C1C[C@@]2(c3cc(F)ccc3F)C[C@H]2C1C(=O)O.CCOC(=O)CC(=O)C1C(C(=O)OC(C)(C)C)C[C@@]2(c3cc(F)ccc3F)C[C@@H]12.CCOC(=O)CC(=O)[O-].CCOCC.O=C(n1ccnc1)n1ccnc1.[Br-].[Br-].[K+].[Mg+2]. The maximum Gasteiger partial charge on any atom is 2.00 e. The van der Waals surface area contributed by atoms with E-state index in [0.29, 0.717) is 12.8 Å². The largest absolute Gasteiger partial charge is 2.00 e. The molecule has 478 valence electrons. The molecule has 4 unspecified atom stereocenters. The molecule has 9 rings (SSSR count). The molecule has 88 heavy (non-hydrogen) atoms. The van der Waals surface area contributed by atoms with Gasteiger partial charge in [0.05, 0.1) is 43.4 Å². The van der Waals surface area contributed by atoms with Gasteiger partial charge in [-0.2, -0.15) is 0 Å². The predicted octanol–water partition coefficient (Wildman–Crippen LogP) is -1.24. The summed E-state index contributed by atoms with van der Waals surface area (Å²) in [4.78, 5) is 100. The van der Waals surface area contributed by atoms with Crippen LogP contribution in [-0.2, 0) is 72.8 Å². The number of esters is 4. The normalized spacial score (nSPS) is 21.8. The molecule has 8 atom stereocenters. The van der Waals surface area contributed by atoms with Gasteiger partial charge in [0.25, 0.3) is 0 Å². The summed E-state index contributed by atoms with van der Waals surface area (Å²) in [5.41, 5.74) is -2.70. The Morgan fingerprint density at radius 3 is 1.35 bits per heavy atom. The van der Waals surface area contributed by atoms with E-state index in [4.69, 9.17) is 23.7 Å². The summed E-state index contributed by atoms with van der Waals surface area (Å²) in [6.45, 7) is 21.5. The average Bonchev–Trinajstić information content (AvgIpc) is 1.55. The van der Waals surface area contributed by atoms with Crippen molar-refractivity contribution in [1.82, 2.24) is 19.1 Å². The first kappa shape index (κ1) is 84.0. The molecular formula is C60H77Br2F4KMgN4O16. The van der Waals surface area contributed by atoms with Gasteiger partial charge in [-0.25, -0.2) is 32.3 Å². The molecule has 1 aliphatic heterocycles. The molecule has 1 saturated heterocycles. The summed E-state index contributed by atoms with van der Waals surface area (Å²) in [7, 11) is 0. The van der Waals surface area contributed by atoms with E-state index >= 15 is 0 Å². The van der Waals surface area contributed by atoms with E-state index in [0.717, 1.165) is 62.8 Å². The van der Waals surface area contributed by atoms with E-state index in [2.05, 4.69) is 14.7 Å². The van der Waals surface area contributed by atoms with E-state index in [1.165, 1.54) is 34.6 Å². The summed E-state index contributed by atoms with van der Waals surface area (Å²) < 4.78 is 88.5. The number of carbonyl (C=O) groups is 8. The van der Waals surface area contributed by atoms with Gasteiger partial charge in [-0.15, -0.1) is 0 Å². The monoisotopic (exact) mass is 1410 g/mol. The number of hydrogen-bond donors (Lipinski definition) is 1. The number of aliphatic carboxylic acids is 2. The molecule has 4 aliphatic carbocycles. The topological polar surface area (TPSA) is 271 Å². The molecule has 0 radical (unpaired) electrons. The van der Waals surface area contributed by atoms with Crippen LogP contribution < -0.4 is 90.5 Å². The Balaban J connectivity index is 0.00000114. The number of carboxylic acids is 2. The molecule has 0 amide bonds. The molecule has 0 spiro atoms. The van der Waals surface area contributed by atoms with Crippen molar-refractivity contribution in [2.75, 3.05) is 39.6 Å². The molecule has 1 N–H and O–H groups in total. The number of ether oxygens (including phenoxy) is 6. The average molecular weight is 1410 g/mol. The first-order valence-corrected chi connectivity index (χ1v) is 27.8. The van der Waals surface area contributed by atoms with Crippen molar-refractivity contribution in [3.05, 3.63) is 108 Å². The van der Waals surface area contributed by atoms with Gasteiger partial charge in [-0.05, 0) is 167 Å². The molecule has 3 heterocycles. The number of carbonyl (C=O) groups excluding carboxylic acids is 7. The van der Waals surface area contributed by atoms with Crippen molar-refractivity contribution in [2.45, 2.75) is 143 Å². The van der Waals surface area contributed by atoms with Crippen molar-refractivity contribution in [1.29, 1.82) is 0 Å². The second-order valence-electron chi connectivity index (χ2n) is 22.4. The van der Waals surface area contributed by atoms with Crippen LogP contribution in [0.15, 0.2) is 73.8 Å². The zero-order valence-corrected chi connectivity index (χ0v) is 59.3. The Morgan fingerprint density at radius 2 is 1.03 bits per heavy atom. The third kappa shape index (κ3) is 24.9. The second kappa shape index (κ2) is 38.8. The van der Waals surface area contributed by atoms with Crippen LogP contribution in [0.4, 0.5) is 22.4 Å². The number of rotatable bonds is 14. The number of ketones is 1. The Hall–Kier alpha value is -3.98. The predicted molar refractivity (Wildman–Crippen MR) is 296 cm³/mol. The molecule has 4 saturated carbocycles. The van der Waals surface area contributed by atoms with Gasteiger partial charge in [0.2, 0.25) is 0 Å². The third-order valence-electron chi connectivity index (χ3n) is 14.1. The minimum atomic E-state index is -1.41. The first-order valence-electron chi connectivity index (χ1n) is 27.8. The summed E-state index contributed by atoms with van der Waals surface area (Å²) in [5, 5.41) is 19.2. The fourth-order valence-corrected chi connectivity index (χ4v) is 10.7. The summed E-state index contributed by atoms with van der Waals surface area (Å²) in [6.07, 6.45) is 11.9. The van der Waals surface area contributed by atoms with Crippen molar-refractivity contribution < 1.29 is 180 Å². The molecule has 0 bridgehead atoms. The maximum atomic E-state index is 14.5. The summed E-state index contributed by atoms with van der Waals surface area (Å²) >= 11 is 0. The zero-order chi connectivity index (χ0) is 62.7. The number of Topliss-reactive ketones (excluding diaryl/α,β-unsaturated/α-hetero) is 1. The Morgan fingerprint density at radius 1 is 0.636 bits per heavy atom. The van der Waals surface area contributed by atoms with Crippen LogP contribution in [0, 0.1) is 58.8 Å². The first-order chi connectivity index (χ1) is 39.5. The molecule has 2 aromatic carbocycles. The van der Waals surface area contributed by atoms with Gasteiger partial charge in [0.15, 0.2) is 0 Å². The van der Waals surface area contributed by atoms with Gasteiger partial charge in [-0.3, -0.25) is 37.9 Å². The van der Waals surface area contributed by atoms with E-state index in [1.54, 1.807) is 80.2 Å². The fourth-order valence-electron chi connectivity index (χ4n) is 10.7. The van der Waals surface area contributed by atoms with Gasteiger partial charge in [-0.1, -0.05) is 0 Å². The van der Waals surface area contributed by atoms with Crippen molar-refractivity contribution >= 4 is 70.7 Å². The molecular weight excluding hydrogens is 1330 g/mol. The van der Waals surface area contributed by atoms with Crippen LogP contribution in [0.25, 0.3) is 0 Å². The fraction of sp³-hybridized carbons (Fsp3) is 0.567. The minimum absolute atomic E-state index is 0. The summed E-state index contributed by atoms with van der Waals surface area (Å²) in [5.74, 6) is -11.8. The number of fused-ring (bicyclic) bond motifs is 2. The molecule has 4 aromatic rings. The number of benzene rings is 2. The van der Waals surface area contributed by atoms with E-state index in [1.807, 2.05) is 13.8 Å². The molecule has 2 aromatic heterocycles. The number of halogens is 6. The van der Waals surface area contributed by atoms with Gasteiger partial charge in [0, 0.05) is 68.0 Å². The number of imidazole rings is 2. The quantitative estimate of drug-likeness (QED) is 0.0509. The summed E-state index contributed by atoms with van der Waals surface area (Å²) in [6, 6.07) is 6.24. The van der Waals surface area contributed by atoms with E-state index < -0.39 is 123 Å². The number of nitrogens with zero attached hydrogens (tertiary/aromatic N) is 4. The van der Waals surface area contributed by atoms with Crippen molar-refractivity contribution in [3.63, 3.8) is 0 Å². The number of hydrogen-bond acceptors (Lipinski definition) is 17. The van der Waals surface area contributed by atoms with Crippen molar-refractivity contribution in [2.24, 2.45) is 35.5 Å². The number of aromatic nitrogens is 4. The Bertz CT molecular complexity index is 2850. The standard InChI is InChI=1S/C22H26F2O5.C18H20F2O4.C7H6N4O.C5H8O4.C4H8O.C4H10O.2BrH.K.Mg/c1-5-28-18(26)9-17(25)19-13(20(27)29-21(2,3)4)10-22(11-15(19)22)14-8-12(23)6-7-16(14)24;1-17(2,3)24-16(23)10-7-18(8-12(18)14(10)15(21)22)11-6-9(19)4-5-13(11)20;12-7(10-3-1-8-5-10)11-4-2-9-6-11;1-2-9-5(8)3-4(6)7;1-2-4-5-3-1;1-3-5-4-2;;;;/h6-8,13,15,19H,5,9-11H2,1-4H3;4-6,10,12,14H,7-8H2,1-3H3,(H,21,22);1-6H;2-3H2,1H3,(H,6,7);1-4H2;3-4H2,1-2H3;2*1H;;/q;;;;;;;;+1;+2/p-3/t13?,15-,19?,22-;10?,12-,14?,18-;;;;;;;;/m00......../s1. The second-order valence-corrected chi connectivity index (χ2v) is 22.4. The zero-order valence-electron chi connectivity index (χ0n) is 51.6. The maximum absolute atomic E-state index is 14.5. The smallest absolute Gasteiger partial charge is 1.00 e. The van der Waals surface area contributed by atoms with Crippen molar-refractivity contribution in [3.8, 4) is 0 Å². The molecule has 5 fully saturated rings. The van der Waals surface area contributed by atoms with Gasteiger partial charge >= 0.3 is 110 Å². The molecule has 5 aliphatic rings. The van der Waals surface area contributed by atoms with Crippen LogP contribution in [0.2, 0.25) is 0 Å². The molecule has 20 nitrogen and oxygen atoms in total. The van der Waals surface area contributed by atoms with E-state index in [-0.39, 0.29) is 163 Å². The van der Waals surface area contributed by atoms with Gasteiger partial charge < -0.3 is 77.4 Å². The van der Waals surface area contributed by atoms with E-state index in [9.17, 15) is 66.1 Å².